The first-order valence-electron chi connectivity index (χ1n) is 7.80. The van der Waals surface area contributed by atoms with Crippen molar-refractivity contribution >= 4 is 0 Å². The molecule has 0 saturated carbocycles. The van der Waals surface area contributed by atoms with E-state index in [1.54, 1.807) is 0 Å². The average Bonchev–Trinajstić information content (AvgIpc) is 3.03. The lowest BCUT2D eigenvalue weighted by Crippen LogP contribution is -2.23. The number of aryl methyl sites for hydroxylation is 2. The first-order chi connectivity index (χ1) is 10.1. The van der Waals surface area contributed by atoms with Crippen molar-refractivity contribution in [3.63, 3.8) is 0 Å². The molecule has 0 radical (unpaired) electrons. The fourth-order valence-corrected chi connectivity index (χ4v) is 3.10. The monoisotopic (exact) mass is 281 g/mol. The van der Waals surface area contributed by atoms with Crippen molar-refractivity contribution in [2.45, 2.75) is 39.7 Å². The van der Waals surface area contributed by atoms with Crippen LogP contribution in [-0.2, 0) is 0 Å². The molecule has 0 spiro atoms. The van der Waals surface area contributed by atoms with E-state index in [1.807, 2.05) is 20.0 Å². The molecular weight excluding hydrogens is 258 g/mol. The van der Waals surface area contributed by atoms with Crippen molar-refractivity contribution in [3.05, 3.63) is 47.4 Å². The zero-order valence-electron chi connectivity index (χ0n) is 13.1. The van der Waals surface area contributed by atoms with Gasteiger partial charge in [-0.15, -0.1) is 0 Å². The Balaban J connectivity index is 1.94. The van der Waals surface area contributed by atoms with E-state index in [4.69, 9.17) is 0 Å². The summed E-state index contributed by atoms with van der Waals surface area (Å²) in [5.74, 6) is 0. The van der Waals surface area contributed by atoms with Gasteiger partial charge in [-0.1, -0.05) is 18.2 Å². The fraction of sp³-hybridized carbons (Fsp3) is 0.444. The number of nitrogens with zero attached hydrogens (tertiary/aromatic N) is 3. The van der Waals surface area contributed by atoms with Crippen LogP contribution in [0.3, 0.4) is 0 Å². The maximum absolute atomic E-state index is 4.66. The molecule has 3 rings (SSSR count). The van der Waals surface area contributed by atoms with Crippen molar-refractivity contribution in [1.29, 1.82) is 0 Å². The Kier molecular flexibility index (Phi) is 4.02. The predicted molar refractivity (Wildman–Crippen MR) is 86.2 cm³/mol. The van der Waals surface area contributed by atoms with Crippen molar-refractivity contribution in [3.8, 4) is 11.3 Å². The van der Waals surface area contributed by atoms with Crippen LogP contribution in [0.25, 0.3) is 11.3 Å². The van der Waals surface area contributed by atoms with Crippen LogP contribution in [0.15, 0.2) is 30.5 Å². The number of rotatable bonds is 3. The standard InChI is InChI=1S/C18H23N3/c1-13-12-19-14(2)18(20-13)17-8-6-7-16(11-17)15(3)21-9-4-5-10-21/h6-8,11-12,15H,4-5,9-10H2,1-3H3/t15-/m0/s1. The third kappa shape index (κ3) is 2.98. The zero-order valence-corrected chi connectivity index (χ0v) is 13.1. The van der Waals surface area contributed by atoms with E-state index >= 15 is 0 Å². The Bertz CT molecular complexity index is 630. The highest BCUT2D eigenvalue weighted by Crippen LogP contribution is 2.28. The van der Waals surface area contributed by atoms with Crippen LogP contribution in [0, 0.1) is 13.8 Å². The highest BCUT2D eigenvalue weighted by atomic mass is 15.2. The smallest absolute Gasteiger partial charge is 0.0917 e. The first-order valence-corrected chi connectivity index (χ1v) is 7.80. The number of hydrogen-bond donors (Lipinski definition) is 0. The second-order valence-electron chi connectivity index (χ2n) is 5.99. The van der Waals surface area contributed by atoms with Gasteiger partial charge in [0.15, 0.2) is 0 Å². The van der Waals surface area contributed by atoms with Crippen LogP contribution in [0.5, 0.6) is 0 Å². The van der Waals surface area contributed by atoms with Crippen LogP contribution in [0.4, 0.5) is 0 Å². The fourth-order valence-electron chi connectivity index (χ4n) is 3.10. The van der Waals surface area contributed by atoms with Gasteiger partial charge in [0.05, 0.1) is 17.1 Å². The molecule has 3 heteroatoms. The molecule has 0 amide bonds. The summed E-state index contributed by atoms with van der Waals surface area (Å²) in [7, 11) is 0. The lowest BCUT2D eigenvalue weighted by molar-refractivity contribution is 0.263. The van der Waals surface area contributed by atoms with Crippen molar-refractivity contribution < 1.29 is 0 Å². The van der Waals surface area contributed by atoms with Gasteiger partial charge in [0, 0.05) is 17.8 Å². The van der Waals surface area contributed by atoms with E-state index in [0.717, 1.165) is 17.1 Å². The van der Waals surface area contributed by atoms with Gasteiger partial charge in [-0.2, -0.15) is 0 Å². The molecule has 1 aliphatic rings. The molecular formula is C18H23N3. The van der Waals surface area contributed by atoms with Crippen molar-refractivity contribution in [2.24, 2.45) is 0 Å². The molecule has 21 heavy (non-hydrogen) atoms. The Morgan fingerprint density at radius 1 is 1.14 bits per heavy atom. The van der Waals surface area contributed by atoms with Gasteiger partial charge in [-0.05, 0) is 58.3 Å². The second kappa shape index (κ2) is 5.94. The van der Waals surface area contributed by atoms with Crippen LogP contribution < -0.4 is 0 Å². The lowest BCUT2D eigenvalue weighted by atomic mass is 10.0. The van der Waals surface area contributed by atoms with Crippen LogP contribution >= 0.6 is 0 Å². The van der Waals surface area contributed by atoms with Crippen LogP contribution in [-0.4, -0.2) is 28.0 Å². The highest BCUT2D eigenvalue weighted by Gasteiger charge is 2.19. The number of hydrogen-bond acceptors (Lipinski definition) is 3. The summed E-state index contributed by atoms with van der Waals surface area (Å²) in [6.07, 6.45) is 4.48. The summed E-state index contributed by atoms with van der Waals surface area (Å²) in [6.45, 7) is 8.76. The zero-order chi connectivity index (χ0) is 14.8. The minimum absolute atomic E-state index is 0.477. The molecule has 0 aliphatic carbocycles. The molecule has 1 saturated heterocycles. The molecule has 1 atom stereocenters. The third-order valence-corrected chi connectivity index (χ3v) is 4.41. The number of benzene rings is 1. The SMILES string of the molecule is Cc1cnc(C)c(-c2cccc([C@H](C)N3CCCC3)c2)n1. The Hall–Kier alpha value is -1.74. The topological polar surface area (TPSA) is 29.0 Å². The predicted octanol–water partition coefficient (Wildman–Crippen LogP) is 3.92. The molecule has 0 bridgehead atoms. The van der Waals surface area contributed by atoms with Crippen molar-refractivity contribution in [1.82, 2.24) is 14.9 Å². The quantitative estimate of drug-likeness (QED) is 0.854. The first kappa shape index (κ1) is 14.2. The minimum atomic E-state index is 0.477. The summed E-state index contributed by atoms with van der Waals surface area (Å²) in [4.78, 5) is 11.7. The maximum Gasteiger partial charge on any atom is 0.0917 e. The summed E-state index contributed by atoms with van der Waals surface area (Å²) in [6, 6.07) is 9.26. The van der Waals surface area contributed by atoms with Gasteiger partial charge in [-0.25, -0.2) is 4.98 Å². The van der Waals surface area contributed by atoms with Crippen LogP contribution in [0.2, 0.25) is 0 Å². The summed E-state index contributed by atoms with van der Waals surface area (Å²) in [5.41, 5.74) is 5.51. The summed E-state index contributed by atoms with van der Waals surface area (Å²) >= 11 is 0. The molecule has 3 nitrogen and oxygen atoms in total. The summed E-state index contributed by atoms with van der Waals surface area (Å²) in [5, 5.41) is 0. The Morgan fingerprint density at radius 3 is 2.67 bits per heavy atom. The van der Waals surface area contributed by atoms with Gasteiger partial charge in [0.1, 0.15) is 0 Å². The van der Waals surface area contributed by atoms with Gasteiger partial charge >= 0.3 is 0 Å². The van der Waals surface area contributed by atoms with Crippen LogP contribution in [0.1, 0.15) is 42.8 Å². The highest BCUT2D eigenvalue weighted by molar-refractivity contribution is 5.62. The second-order valence-corrected chi connectivity index (χ2v) is 5.99. The largest absolute Gasteiger partial charge is 0.297 e. The molecule has 0 unspecified atom stereocenters. The summed E-state index contributed by atoms with van der Waals surface area (Å²) < 4.78 is 0. The Labute approximate surface area is 127 Å². The molecule has 110 valence electrons. The third-order valence-electron chi connectivity index (χ3n) is 4.41. The molecule has 1 aromatic carbocycles. The molecule has 0 N–H and O–H groups in total. The molecule has 2 heterocycles. The minimum Gasteiger partial charge on any atom is -0.297 e. The number of aromatic nitrogens is 2. The average molecular weight is 281 g/mol. The van der Waals surface area contributed by atoms with E-state index < -0.39 is 0 Å². The molecule has 1 fully saturated rings. The van der Waals surface area contributed by atoms with Gasteiger partial charge < -0.3 is 0 Å². The maximum atomic E-state index is 4.66. The normalized spacial score (nSPS) is 17.1. The molecule has 1 aromatic heterocycles. The van der Waals surface area contributed by atoms with E-state index in [-0.39, 0.29) is 0 Å². The van der Waals surface area contributed by atoms with Gasteiger partial charge in [0.2, 0.25) is 0 Å². The van der Waals surface area contributed by atoms with Crippen molar-refractivity contribution in [2.75, 3.05) is 13.1 Å². The Morgan fingerprint density at radius 2 is 1.90 bits per heavy atom. The molecule has 1 aliphatic heterocycles. The van der Waals surface area contributed by atoms with Gasteiger partial charge in [-0.3, -0.25) is 9.88 Å². The van der Waals surface area contributed by atoms with E-state index in [9.17, 15) is 0 Å². The van der Waals surface area contributed by atoms with Gasteiger partial charge in [0.25, 0.3) is 0 Å². The number of likely N-dealkylation sites (tertiary alicyclic amines) is 1. The van der Waals surface area contributed by atoms with E-state index in [1.165, 1.54) is 37.1 Å². The lowest BCUT2D eigenvalue weighted by Gasteiger charge is -2.24. The van der Waals surface area contributed by atoms with E-state index in [2.05, 4.69) is 46.1 Å². The molecule has 2 aromatic rings. The van der Waals surface area contributed by atoms with E-state index in [0.29, 0.717) is 6.04 Å².